The van der Waals surface area contributed by atoms with Crippen LogP contribution in [0.3, 0.4) is 0 Å². The minimum absolute atomic E-state index is 0.299. The summed E-state index contributed by atoms with van der Waals surface area (Å²) in [6.07, 6.45) is 5.80. The van der Waals surface area contributed by atoms with E-state index < -0.39 is 5.97 Å². The molecule has 0 spiro atoms. The molecule has 0 radical (unpaired) electrons. The lowest BCUT2D eigenvalue weighted by molar-refractivity contribution is -0.133. The Morgan fingerprint density at radius 3 is 2.44 bits per heavy atom. The second-order valence-corrected chi connectivity index (χ2v) is 3.64. The molecule has 0 unspecified atom stereocenters. The molecule has 3 heteroatoms. The van der Waals surface area contributed by atoms with Crippen molar-refractivity contribution in [1.29, 1.82) is 0 Å². The van der Waals surface area contributed by atoms with Gasteiger partial charge in [-0.2, -0.15) is 0 Å². The summed E-state index contributed by atoms with van der Waals surface area (Å²) in [5.74, 6) is 4.80. The summed E-state index contributed by atoms with van der Waals surface area (Å²) in [5, 5.41) is 0. The number of hydrogen-bond donors (Lipinski definition) is 0. The van der Waals surface area contributed by atoms with Crippen LogP contribution in [0.15, 0.2) is 0 Å². The number of hydrogen-bond acceptors (Lipinski definition) is 3. The number of methoxy groups -OCH3 is 1. The van der Waals surface area contributed by atoms with Crippen molar-refractivity contribution in [1.82, 2.24) is 0 Å². The van der Waals surface area contributed by atoms with E-state index in [1.54, 1.807) is 0 Å². The number of esters is 1. The predicted octanol–water partition coefficient (Wildman–Crippen LogP) is 2.48. The maximum atomic E-state index is 11.3. The molecular weight excluding hydrogens is 204 g/mol. The van der Waals surface area contributed by atoms with Gasteiger partial charge in [0, 0.05) is 25.2 Å². The largest absolute Gasteiger partial charge is 0.459 e. The quantitative estimate of drug-likeness (QED) is 0.289. The second kappa shape index (κ2) is 10.2. The van der Waals surface area contributed by atoms with Crippen LogP contribution in [0, 0.1) is 11.8 Å². The van der Waals surface area contributed by atoms with Crippen LogP contribution >= 0.6 is 0 Å². The predicted molar refractivity (Wildman–Crippen MR) is 62.8 cm³/mol. The van der Waals surface area contributed by atoms with E-state index in [0.29, 0.717) is 25.0 Å². The van der Waals surface area contributed by atoms with Crippen LogP contribution < -0.4 is 0 Å². The van der Waals surface area contributed by atoms with Crippen LogP contribution in [0.2, 0.25) is 0 Å². The van der Waals surface area contributed by atoms with Crippen LogP contribution in [0.4, 0.5) is 0 Å². The van der Waals surface area contributed by atoms with Crippen molar-refractivity contribution in [2.75, 3.05) is 7.11 Å². The van der Waals surface area contributed by atoms with E-state index in [9.17, 15) is 9.59 Å². The summed E-state index contributed by atoms with van der Waals surface area (Å²) in [6.45, 7) is 2.12. The molecule has 3 nitrogen and oxygen atoms in total. The van der Waals surface area contributed by atoms with E-state index in [2.05, 4.69) is 23.5 Å². The van der Waals surface area contributed by atoms with Crippen LogP contribution in [0.1, 0.15) is 51.9 Å². The third-order valence-corrected chi connectivity index (χ3v) is 2.19. The molecule has 0 aliphatic carbocycles. The Bertz CT molecular complexity index is 271. The molecule has 0 amide bonds. The Labute approximate surface area is 97.6 Å². The molecular formula is C13H20O3. The highest BCUT2D eigenvalue weighted by atomic mass is 16.5. The summed E-state index contributed by atoms with van der Waals surface area (Å²) in [6, 6.07) is 0. The average Bonchev–Trinajstić information content (AvgIpc) is 2.28. The fourth-order valence-corrected chi connectivity index (χ4v) is 1.26. The Morgan fingerprint density at radius 2 is 1.81 bits per heavy atom. The Morgan fingerprint density at radius 1 is 1.12 bits per heavy atom. The Hall–Kier alpha value is -1.30. The molecule has 0 aliphatic heterocycles. The minimum atomic E-state index is -0.519. The topological polar surface area (TPSA) is 43.4 Å². The van der Waals surface area contributed by atoms with Gasteiger partial charge in [-0.3, -0.25) is 4.79 Å². The number of unbranched alkanes of at least 4 members (excludes halogenated alkanes) is 3. The van der Waals surface area contributed by atoms with Gasteiger partial charge in [0.25, 0.3) is 0 Å². The van der Waals surface area contributed by atoms with Crippen LogP contribution in [0.5, 0.6) is 0 Å². The minimum Gasteiger partial charge on any atom is -0.459 e. The first-order valence-electron chi connectivity index (χ1n) is 5.79. The molecule has 0 aromatic rings. The number of carbonyl (C=O) groups excluding carboxylic acids is 2. The number of Topliss-reactive ketones (excluding diaryl/α,β-unsaturated/α-hetero) is 1. The molecule has 0 saturated carbocycles. The zero-order chi connectivity index (χ0) is 12.2. The number of rotatable bonds is 7. The normalized spacial score (nSPS) is 9.12. The van der Waals surface area contributed by atoms with Crippen molar-refractivity contribution >= 4 is 11.8 Å². The molecule has 0 fully saturated rings. The van der Waals surface area contributed by atoms with Gasteiger partial charge in [0.15, 0.2) is 0 Å². The SMILES string of the molecule is CCCCCC(=O)CCCC#CC(=O)OC. The first kappa shape index (κ1) is 14.7. The van der Waals surface area contributed by atoms with E-state index in [1.165, 1.54) is 7.11 Å². The molecule has 0 atom stereocenters. The monoisotopic (exact) mass is 224 g/mol. The molecule has 0 rings (SSSR count). The molecule has 90 valence electrons. The first-order valence-corrected chi connectivity index (χ1v) is 5.79. The maximum absolute atomic E-state index is 11.3. The summed E-state index contributed by atoms with van der Waals surface area (Å²) in [4.78, 5) is 22.0. The van der Waals surface area contributed by atoms with Crippen LogP contribution in [-0.4, -0.2) is 18.9 Å². The average molecular weight is 224 g/mol. The van der Waals surface area contributed by atoms with Gasteiger partial charge in [-0.15, -0.1) is 0 Å². The third-order valence-electron chi connectivity index (χ3n) is 2.19. The van der Waals surface area contributed by atoms with Crippen molar-refractivity contribution in [3.8, 4) is 11.8 Å². The van der Waals surface area contributed by atoms with E-state index in [0.717, 1.165) is 25.7 Å². The highest BCUT2D eigenvalue weighted by Crippen LogP contribution is 2.04. The van der Waals surface area contributed by atoms with Gasteiger partial charge in [0.2, 0.25) is 0 Å². The molecule has 0 aliphatic rings. The third kappa shape index (κ3) is 9.26. The second-order valence-electron chi connectivity index (χ2n) is 3.64. The van der Waals surface area contributed by atoms with Gasteiger partial charge in [0.05, 0.1) is 7.11 Å². The smallest absolute Gasteiger partial charge is 0.384 e. The zero-order valence-electron chi connectivity index (χ0n) is 10.2. The van der Waals surface area contributed by atoms with Gasteiger partial charge >= 0.3 is 5.97 Å². The summed E-state index contributed by atoms with van der Waals surface area (Å²) in [7, 11) is 1.30. The van der Waals surface area contributed by atoms with E-state index in [1.807, 2.05) is 0 Å². The summed E-state index contributed by atoms with van der Waals surface area (Å²) >= 11 is 0. The molecule has 0 saturated heterocycles. The number of carbonyl (C=O) groups is 2. The maximum Gasteiger partial charge on any atom is 0.384 e. The lowest BCUT2D eigenvalue weighted by Gasteiger charge is -1.97. The Kier molecular flexibility index (Phi) is 9.39. The number of ketones is 1. The first-order chi connectivity index (χ1) is 7.70. The fraction of sp³-hybridized carbons (Fsp3) is 0.692. The van der Waals surface area contributed by atoms with Crippen molar-refractivity contribution in [2.45, 2.75) is 51.9 Å². The molecule has 0 aromatic heterocycles. The van der Waals surface area contributed by atoms with Crippen LogP contribution in [-0.2, 0) is 14.3 Å². The zero-order valence-corrected chi connectivity index (χ0v) is 10.2. The molecule has 0 bridgehead atoms. The van der Waals surface area contributed by atoms with E-state index in [-0.39, 0.29) is 0 Å². The van der Waals surface area contributed by atoms with Crippen molar-refractivity contribution in [3.63, 3.8) is 0 Å². The van der Waals surface area contributed by atoms with Gasteiger partial charge in [-0.1, -0.05) is 25.7 Å². The fourth-order valence-electron chi connectivity index (χ4n) is 1.26. The molecule has 16 heavy (non-hydrogen) atoms. The lowest BCUT2D eigenvalue weighted by Crippen LogP contribution is -1.97. The summed E-state index contributed by atoms with van der Waals surface area (Å²) in [5.41, 5.74) is 0. The molecule has 0 aromatic carbocycles. The highest BCUT2D eigenvalue weighted by molar-refractivity contribution is 5.88. The summed E-state index contributed by atoms with van der Waals surface area (Å²) < 4.78 is 4.36. The number of ether oxygens (including phenoxy) is 1. The van der Waals surface area contributed by atoms with E-state index >= 15 is 0 Å². The standard InChI is InChI=1S/C13H20O3/c1-3-4-6-9-12(14)10-7-5-8-11-13(15)16-2/h3-7,9-10H2,1-2H3. The van der Waals surface area contributed by atoms with Crippen molar-refractivity contribution in [3.05, 3.63) is 0 Å². The lowest BCUT2D eigenvalue weighted by atomic mass is 10.1. The molecule has 0 N–H and O–H groups in total. The van der Waals surface area contributed by atoms with Crippen LogP contribution in [0.25, 0.3) is 0 Å². The Balaban J connectivity index is 3.46. The van der Waals surface area contributed by atoms with Crippen molar-refractivity contribution in [2.24, 2.45) is 0 Å². The highest BCUT2D eigenvalue weighted by Gasteiger charge is 2.00. The van der Waals surface area contributed by atoms with Gasteiger partial charge in [0.1, 0.15) is 5.78 Å². The van der Waals surface area contributed by atoms with Gasteiger partial charge in [-0.25, -0.2) is 4.79 Å². The van der Waals surface area contributed by atoms with Gasteiger partial charge in [-0.05, 0) is 12.8 Å². The molecule has 0 heterocycles. The van der Waals surface area contributed by atoms with Gasteiger partial charge < -0.3 is 4.74 Å². The van der Waals surface area contributed by atoms with E-state index in [4.69, 9.17) is 0 Å². The van der Waals surface area contributed by atoms with Crippen molar-refractivity contribution < 1.29 is 14.3 Å².